The molecule has 0 aromatic heterocycles. The van der Waals surface area contributed by atoms with Crippen molar-refractivity contribution >= 4 is 0 Å². The van der Waals surface area contributed by atoms with Crippen LogP contribution in [0.15, 0.2) is 40.0 Å². The maximum Gasteiger partial charge on any atom is -1.00 e. The van der Waals surface area contributed by atoms with Crippen LogP contribution in [0, 0.1) is 35.5 Å². The van der Waals surface area contributed by atoms with E-state index in [9.17, 15) is 0 Å². The Kier molecular flexibility index (Phi) is 12.9. The number of halogens is 2. The van der Waals surface area contributed by atoms with E-state index in [1.807, 2.05) is 6.56 Å². The fraction of sp³-hybridized carbons (Fsp3) is 0.714. The molecule has 0 aliphatic heterocycles. The average Bonchev–Trinajstić information content (AvgIpc) is 3.14. The summed E-state index contributed by atoms with van der Waals surface area (Å²) in [5, 5.41) is 0. The minimum Gasteiger partial charge on any atom is -1.00 e. The third-order valence-electron chi connectivity index (χ3n) is 6.83. The first kappa shape index (κ1) is 31.4. The van der Waals surface area contributed by atoms with E-state index in [0.29, 0.717) is 35.5 Å². The van der Waals surface area contributed by atoms with Gasteiger partial charge >= 0.3 is 195 Å². The molecule has 0 radical (unpaired) electrons. The van der Waals surface area contributed by atoms with Gasteiger partial charge in [-0.3, -0.25) is 0 Å². The largest absolute Gasteiger partial charge is 1.00 e. The van der Waals surface area contributed by atoms with E-state index < -0.39 is 23.2 Å². The van der Waals surface area contributed by atoms with E-state index in [4.69, 9.17) is 0 Å². The summed E-state index contributed by atoms with van der Waals surface area (Å²) >= 11 is -0.849. The molecule has 0 bridgehead atoms. The molecule has 0 aromatic carbocycles. The van der Waals surface area contributed by atoms with Crippen LogP contribution in [0.4, 0.5) is 0 Å². The summed E-state index contributed by atoms with van der Waals surface area (Å²) < 4.78 is 3.75. The molecule has 0 saturated heterocycles. The molecular formula is C28H46Cl2Zr. The van der Waals surface area contributed by atoms with Crippen LogP contribution in [0.1, 0.15) is 95.9 Å². The van der Waals surface area contributed by atoms with Crippen LogP contribution in [-0.2, 0) is 23.2 Å². The molecule has 0 heterocycles. The maximum atomic E-state index is 2.44. The quantitative estimate of drug-likeness (QED) is 0.441. The molecule has 0 nitrogen and oxygen atoms in total. The molecule has 2 aliphatic rings. The first-order chi connectivity index (χ1) is 13.4. The summed E-state index contributed by atoms with van der Waals surface area (Å²) in [6.07, 6.45) is 2.50. The van der Waals surface area contributed by atoms with Gasteiger partial charge in [0.15, 0.2) is 0 Å². The van der Waals surface area contributed by atoms with Crippen molar-refractivity contribution in [1.82, 2.24) is 0 Å². The second-order valence-electron chi connectivity index (χ2n) is 11.1. The van der Waals surface area contributed by atoms with Gasteiger partial charge in [-0.25, -0.2) is 0 Å². The SMILES string of the molecule is CC(C)C1=[C]([Zr+2][C]2=C(C(C)C)CC(C(C)C)=C2C(C)C)C(C(C)C)=C(C(C)C)C1.[Cl-].[Cl-]. The minimum absolute atomic E-state index is 0. The van der Waals surface area contributed by atoms with Crippen LogP contribution in [0.3, 0.4) is 0 Å². The molecule has 0 N–H and O–H groups in total. The number of rotatable bonds is 8. The Balaban J connectivity index is 0.00000450. The molecule has 2 rings (SSSR count). The molecule has 3 heteroatoms. The number of allylic oxidation sites excluding steroid dienone is 8. The third kappa shape index (κ3) is 6.73. The topological polar surface area (TPSA) is 0 Å². The van der Waals surface area contributed by atoms with Gasteiger partial charge in [0.05, 0.1) is 0 Å². The fourth-order valence-electron chi connectivity index (χ4n) is 5.20. The van der Waals surface area contributed by atoms with Crippen molar-refractivity contribution in [1.29, 1.82) is 0 Å². The first-order valence-corrected chi connectivity index (χ1v) is 14.5. The van der Waals surface area contributed by atoms with Crippen molar-refractivity contribution in [2.45, 2.75) is 95.9 Å². The first-order valence-electron chi connectivity index (χ1n) is 12.1. The Hall–Kier alpha value is 0.423. The zero-order valence-electron chi connectivity index (χ0n) is 22.1. The molecular weight excluding hydrogens is 498 g/mol. The van der Waals surface area contributed by atoms with E-state index in [1.165, 1.54) is 12.8 Å². The Morgan fingerprint density at radius 1 is 0.419 bits per heavy atom. The average molecular weight is 545 g/mol. The van der Waals surface area contributed by atoms with Crippen molar-refractivity contribution < 1.29 is 48.0 Å². The Bertz CT molecular complexity index is 692. The molecule has 0 spiro atoms. The van der Waals surface area contributed by atoms with Gasteiger partial charge in [-0.2, -0.15) is 0 Å². The predicted molar refractivity (Wildman–Crippen MR) is 126 cm³/mol. The molecule has 0 atom stereocenters. The van der Waals surface area contributed by atoms with Gasteiger partial charge in [0.1, 0.15) is 0 Å². The Labute approximate surface area is 218 Å². The number of hydrogen-bond acceptors (Lipinski definition) is 0. The van der Waals surface area contributed by atoms with Gasteiger partial charge < -0.3 is 24.8 Å². The number of hydrogen-bond donors (Lipinski definition) is 0. The van der Waals surface area contributed by atoms with E-state index in [-0.39, 0.29) is 24.8 Å². The van der Waals surface area contributed by atoms with E-state index in [2.05, 4.69) is 83.1 Å². The second-order valence-corrected chi connectivity index (χ2v) is 14.2. The van der Waals surface area contributed by atoms with Crippen LogP contribution < -0.4 is 24.8 Å². The zero-order valence-corrected chi connectivity index (χ0v) is 26.1. The van der Waals surface area contributed by atoms with E-state index in [0.717, 1.165) is 0 Å². The standard InChI is InChI=1S/2C14H23.2ClH.Zr/c2*1-9(2)12-7-13(10(3)4)14(8-12)11(5)6;;;/h2*9-11H,7H2,1-6H3;2*1H;/q;;;;+2/p-2. The summed E-state index contributed by atoms with van der Waals surface area (Å²) in [5.74, 6) is 4.01. The van der Waals surface area contributed by atoms with Crippen LogP contribution in [-0.4, -0.2) is 0 Å². The van der Waals surface area contributed by atoms with Crippen molar-refractivity contribution in [2.75, 3.05) is 0 Å². The summed E-state index contributed by atoms with van der Waals surface area (Å²) in [4.78, 5) is 0. The molecule has 0 unspecified atom stereocenters. The maximum absolute atomic E-state index is 2.44. The van der Waals surface area contributed by atoms with Gasteiger partial charge in [0, 0.05) is 0 Å². The molecule has 176 valence electrons. The summed E-state index contributed by atoms with van der Waals surface area (Å²) in [6.45, 7) is 29.1. The van der Waals surface area contributed by atoms with Gasteiger partial charge in [-0.1, -0.05) is 0 Å². The van der Waals surface area contributed by atoms with Crippen molar-refractivity contribution in [3.05, 3.63) is 40.0 Å². The summed E-state index contributed by atoms with van der Waals surface area (Å²) in [7, 11) is 0. The second kappa shape index (κ2) is 12.8. The van der Waals surface area contributed by atoms with Crippen LogP contribution in [0.25, 0.3) is 0 Å². The van der Waals surface area contributed by atoms with Crippen molar-refractivity contribution in [2.24, 2.45) is 35.5 Å². The monoisotopic (exact) mass is 542 g/mol. The normalized spacial score (nSPS) is 17.4. The smallest absolute Gasteiger partial charge is 1.00 e. The fourth-order valence-corrected chi connectivity index (χ4v) is 11.3. The summed E-state index contributed by atoms with van der Waals surface area (Å²) in [6, 6.07) is 0. The minimum atomic E-state index is -0.849. The molecule has 2 aliphatic carbocycles. The molecule has 0 aromatic rings. The van der Waals surface area contributed by atoms with Crippen molar-refractivity contribution in [3.63, 3.8) is 0 Å². The predicted octanol–water partition coefficient (Wildman–Crippen LogP) is 2.92. The van der Waals surface area contributed by atoms with E-state index in [1.54, 1.807) is 33.4 Å². The van der Waals surface area contributed by atoms with Gasteiger partial charge in [-0.05, 0) is 0 Å². The molecule has 0 fully saturated rings. The molecule has 0 amide bonds. The van der Waals surface area contributed by atoms with Gasteiger partial charge in [0.25, 0.3) is 0 Å². The van der Waals surface area contributed by atoms with Gasteiger partial charge in [0.2, 0.25) is 0 Å². The van der Waals surface area contributed by atoms with Gasteiger partial charge in [-0.15, -0.1) is 0 Å². The van der Waals surface area contributed by atoms with E-state index >= 15 is 0 Å². The molecule has 31 heavy (non-hydrogen) atoms. The summed E-state index contributed by atoms with van der Waals surface area (Å²) in [5.41, 5.74) is 10.6. The van der Waals surface area contributed by atoms with Crippen LogP contribution in [0.2, 0.25) is 0 Å². The molecule has 0 saturated carbocycles. The third-order valence-corrected chi connectivity index (χ3v) is 11.0. The van der Waals surface area contributed by atoms with Crippen molar-refractivity contribution in [3.8, 4) is 0 Å². The van der Waals surface area contributed by atoms with Crippen LogP contribution >= 0.6 is 0 Å². The van der Waals surface area contributed by atoms with Crippen LogP contribution in [0.5, 0.6) is 0 Å². The zero-order chi connectivity index (χ0) is 22.2. The Morgan fingerprint density at radius 2 is 0.677 bits per heavy atom. The Morgan fingerprint density at radius 3 is 0.871 bits per heavy atom.